The second-order valence-corrected chi connectivity index (χ2v) is 5.61. The number of carbonyl (C=O) groups excluding carboxylic acids is 1. The molecule has 1 aliphatic rings. The zero-order valence-corrected chi connectivity index (χ0v) is 13.1. The molecule has 1 N–H and O–H groups in total. The van der Waals surface area contributed by atoms with Crippen LogP contribution in [0, 0.1) is 0 Å². The lowest BCUT2D eigenvalue weighted by Gasteiger charge is -2.39. The smallest absolute Gasteiger partial charge is 0.223 e. The van der Waals surface area contributed by atoms with Crippen LogP contribution in [0.4, 0.5) is 0 Å². The fraction of sp³-hybridized carbons (Fsp3) is 0.438. The summed E-state index contributed by atoms with van der Waals surface area (Å²) in [6.07, 6.45) is 2.86. The summed E-state index contributed by atoms with van der Waals surface area (Å²) in [5, 5.41) is 16.8. The minimum absolute atomic E-state index is 0.117. The lowest BCUT2D eigenvalue weighted by atomic mass is 10.0. The van der Waals surface area contributed by atoms with Gasteiger partial charge < -0.3 is 14.7 Å². The number of carbonyl (C=O) groups is 1. The minimum Gasteiger partial charge on any atom is -0.496 e. The number of likely N-dealkylation sites (tertiary alicyclic amines) is 1. The second-order valence-electron chi connectivity index (χ2n) is 5.61. The van der Waals surface area contributed by atoms with Gasteiger partial charge in [0, 0.05) is 19.5 Å². The molecule has 7 nitrogen and oxygen atoms in total. The number of aliphatic hydroxyl groups excluding tert-OH is 1. The number of hydrogen-bond donors (Lipinski definition) is 1. The van der Waals surface area contributed by atoms with Crippen molar-refractivity contribution in [3.8, 4) is 5.75 Å². The van der Waals surface area contributed by atoms with Crippen molar-refractivity contribution in [1.82, 2.24) is 19.9 Å². The van der Waals surface area contributed by atoms with E-state index in [0.29, 0.717) is 31.6 Å². The fourth-order valence-electron chi connectivity index (χ4n) is 2.70. The molecule has 0 unspecified atom stereocenters. The molecular weight excluding hydrogens is 296 g/mol. The maximum absolute atomic E-state index is 12.2. The van der Waals surface area contributed by atoms with E-state index in [1.165, 1.54) is 0 Å². The third-order valence-electron chi connectivity index (χ3n) is 4.11. The van der Waals surface area contributed by atoms with Crippen molar-refractivity contribution in [3.05, 3.63) is 41.7 Å². The first-order valence-corrected chi connectivity index (χ1v) is 7.62. The van der Waals surface area contributed by atoms with Crippen LogP contribution < -0.4 is 4.74 Å². The Morgan fingerprint density at radius 3 is 2.87 bits per heavy atom. The molecule has 1 saturated heterocycles. The first kappa shape index (κ1) is 15.5. The number of aliphatic hydroxyl groups is 1. The molecule has 0 spiro atoms. The maximum Gasteiger partial charge on any atom is 0.223 e. The summed E-state index contributed by atoms with van der Waals surface area (Å²) in [5.41, 5.74) is 1.59. The normalized spacial score (nSPS) is 14.6. The van der Waals surface area contributed by atoms with Crippen LogP contribution >= 0.6 is 0 Å². The van der Waals surface area contributed by atoms with Crippen LogP contribution in [-0.2, 0) is 17.8 Å². The van der Waals surface area contributed by atoms with Gasteiger partial charge in [0.1, 0.15) is 11.4 Å². The van der Waals surface area contributed by atoms with Gasteiger partial charge in [-0.15, -0.1) is 5.10 Å². The van der Waals surface area contributed by atoms with Gasteiger partial charge in [0.25, 0.3) is 0 Å². The van der Waals surface area contributed by atoms with E-state index in [-0.39, 0.29) is 18.6 Å². The highest BCUT2D eigenvalue weighted by atomic mass is 16.5. The Morgan fingerprint density at radius 1 is 1.39 bits per heavy atom. The summed E-state index contributed by atoms with van der Waals surface area (Å²) < 4.78 is 7.02. The average Bonchev–Trinajstić information content (AvgIpc) is 3.00. The molecule has 1 fully saturated rings. The van der Waals surface area contributed by atoms with E-state index in [9.17, 15) is 4.79 Å². The van der Waals surface area contributed by atoms with E-state index in [4.69, 9.17) is 9.84 Å². The standard InChI is InChI=1S/C16H20N4O3/c1-23-15-5-3-2-4-12(15)6-7-16(22)19-9-14(10-19)20-8-13(11-21)17-18-20/h2-5,8,14,21H,6-7,9-11H2,1H3. The number of rotatable bonds is 6. The lowest BCUT2D eigenvalue weighted by molar-refractivity contribution is -0.137. The van der Waals surface area contributed by atoms with Gasteiger partial charge in [0.2, 0.25) is 5.91 Å². The van der Waals surface area contributed by atoms with Gasteiger partial charge >= 0.3 is 0 Å². The molecule has 0 atom stereocenters. The molecule has 7 heteroatoms. The summed E-state index contributed by atoms with van der Waals surface area (Å²) in [4.78, 5) is 14.1. The summed E-state index contributed by atoms with van der Waals surface area (Å²) >= 11 is 0. The van der Waals surface area contributed by atoms with Crippen molar-refractivity contribution in [2.45, 2.75) is 25.5 Å². The number of hydrogen-bond acceptors (Lipinski definition) is 5. The third-order valence-corrected chi connectivity index (χ3v) is 4.11. The Kier molecular flexibility index (Phi) is 4.57. The molecule has 23 heavy (non-hydrogen) atoms. The van der Waals surface area contributed by atoms with E-state index in [1.54, 1.807) is 18.0 Å². The highest BCUT2D eigenvalue weighted by Crippen LogP contribution is 2.23. The summed E-state index contributed by atoms with van der Waals surface area (Å²) in [6, 6.07) is 7.91. The average molecular weight is 316 g/mol. The predicted octanol–water partition coefficient (Wildman–Crippen LogP) is 0.795. The molecule has 0 aliphatic carbocycles. The summed E-state index contributed by atoms with van der Waals surface area (Å²) in [7, 11) is 1.64. The monoisotopic (exact) mass is 316 g/mol. The van der Waals surface area contributed by atoms with Crippen LogP contribution in [0.3, 0.4) is 0 Å². The van der Waals surface area contributed by atoms with Crippen LogP contribution in [0.25, 0.3) is 0 Å². The van der Waals surface area contributed by atoms with E-state index < -0.39 is 0 Å². The number of aromatic nitrogens is 3. The number of benzene rings is 1. The number of methoxy groups -OCH3 is 1. The number of amides is 1. The molecule has 1 aromatic heterocycles. The van der Waals surface area contributed by atoms with Gasteiger partial charge in [-0.05, 0) is 18.1 Å². The lowest BCUT2D eigenvalue weighted by Crippen LogP contribution is -2.51. The summed E-state index contributed by atoms with van der Waals surface area (Å²) in [5.74, 6) is 0.954. The van der Waals surface area contributed by atoms with Crippen molar-refractivity contribution >= 4 is 5.91 Å². The van der Waals surface area contributed by atoms with Crippen molar-refractivity contribution in [2.24, 2.45) is 0 Å². The molecule has 0 bridgehead atoms. The summed E-state index contributed by atoms with van der Waals surface area (Å²) in [6.45, 7) is 1.16. The maximum atomic E-state index is 12.2. The Labute approximate surface area is 134 Å². The van der Waals surface area contributed by atoms with Gasteiger partial charge in [0.05, 0.1) is 26.0 Å². The molecule has 2 aromatic rings. The predicted molar refractivity (Wildman–Crippen MR) is 82.9 cm³/mol. The molecule has 0 radical (unpaired) electrons. The molecule has 1 aromatic carbocycles. The van der Waals surface area contributed by atoms with E-state index in [2.05, 4.69) is 10.3 Å². The van der Waals surface area contributed by atoms with Crippen molar-refractivity contribution in [1.29, 1.82) is 0 Å². The number of ether oxygens (including phenoxy) is 1. The first-order chi connectivity index (χ1) is 11.2. The van der Waals surface area contributed by atoms with E-state index in [0.717, 1.165) is 11.3 Å². The van der Waals surface area contributed by atoms with Crippen molar-refractivity contribution in [2.75, 3.05) is 20.2 Å². The Bertz CT molecular complexity index is 679. The first-order valence-electron chi connectivity index (χ1n) is 7.62. The van der Waals surface area contributed by atoms with Gasteiger partial charge in [-0.1, -0.05) is 23.4 Å². The molecule has 0 saturated carbocycles. The zero-order chi connectivity index (χ0) is 16.2. The van der Waals surface area contributed by atoms with Crippen LogP contribution in [0.2, 0.25) is 0 Å². The van der Waals surface area contributed by atoms with Gasteiger partial charge in [0.15, 0.2) is 0 Å². The van der Waals surface area contributed by atoms with E-state index >= 15 is 0 Å². The van der Waals surface area contributed by atoms with Crippen LogP contribution in [0.1, 0.15) is 23.7 Å². The van der Waals surface area contributed by atoms with Gasteiger partial charge in [-0.3, -0.25) is 4.79 Å². The molecule has 1 amide bonds. The quantitative estimate of drug-likeness (QED) is 0.852. The van der Waals surface area contributed by atoms with Gasteiger partial charge in [-0.25, -0.2) is 4.68 Å². The van der Waals surface area contributed by atoms with E-state index in [1.807, 2.05) is 29.2 Å². The molecule has 3 rings (SSSR count). The fourth-order valence-corrected chi connectivity index (χ4v) is 2.70. The van der Waals surface area contributed by atoms with Crippen LogP contribution in [0.15, 0.2) is 30.5 Å². The third kappa shape index (κ3) is 3.34. The van der Waals surface area contributed by atoms with Crippen LogP contribution in [0.5, 0.6) is 5.75 Å². The van der Waals surface area contributed by atoms with Gasteiger partial charge in [-0.2, -0.15) is 0 Å². The van der Waals surface area contributed by atoms with Crippen molar-refractivity contribution < 1.29 is 14.6 Å². The highest BCUT2D eigenvalue weighted by Gasteiger charge is 2.32. The van der Waals surface area contributed by atoms with Crippen LogP contribution in [-0.4, -0.2) is 51.1 Å². The zero-order valence-electron chi connectivity index (χ0n) is 13.1. The number of para-hydroxylation sites is 1. The largest absolute Gasteiger partial charge is 0.496 e. The Balaban J connectivity index is 1.49. The molecule has 2 heterocycles. The Morgan fingerprint density at radius 2 is 2.17 bits per heavy atom. The van der Waals surface area contributed by atoms with Crippen molar-refractivity contribution in [3.63, 3.8) is 0 Å². The minimum atomic E-state index is -0.117. The highest BCUT2D eigenvalue weighted by molar-refractivity contribution is 5.77. The molecular formula is C16H20N4O3. The molecule has 122 valence electrons. The SMILES string of the molecule is COc1ccccc1CCC(=O)N1CC(n2cc(CO)nn2)C1. The molecule has 1 aliphatic heterocycles. The number of aryl methyl sites for hydroxylation is 1. The topological polar surface area (TPSA) is 80.5 Å². The second kappa shape index (κ2) is 6.78. The number of nitrogens with zero attached hydrogens (tertiary/aromatic N) is 4. The Hall–Kier alpha value is -2.41.